The molecule has 0 aromatic heterocycles. The average molecular weight is 697 g/mol. The maximum atomic E-state index is 2.57. The van der Waals surface area contributed by atoms with Crippen LogP contribution in [0.25, 0.3) is 98.4 Å². The van der Waals surface area contributed by atoms with E-state index in [-0.39, 0.29) is 16.2 Å². The summed E-state index contributed by atoms with van der Waals surface area (Å²) < 4.78 is 0. The highest BCUT2D eigenvalue weighted by Crippen LogP contribution is 2.61. The summed E-state index contributed by atoms with van der Waals surface area (Å²) >= 11 is 0. The van der Waals surface area contributed by atoms with E-state index in [9.17, 15) is 0 Å². The van der Waals surface area contributed by atoms with Crippen LogP contribution in [0.3, 0.4) is 0 Å². The summed E-state index contributed by atoms with van der Waals surface area (Å²) in [5.41, 5.74) is 14.8. The second-order valence-electron chi connectivity index (χ2n) is 19.0. The highest BCUT2D eigenvalue weighted by molar-refractivity contribution is 6.36. The first-order valence-corrected chi connectivity index (χ1v) is 19.7. The van der Waals surface area contributed by atoms with Crippen molar-refractivity contribution in [3.05, 3.63) is 144 Å². The molecule has 0 spiro atoms. The van der Waals surface area contributed by atoms with E-state index in [0.29, 0.717) is 0 Å². The monoisotopic (exact) mass is 696 g/mol. The Morgan fingerprint density at radius 1 is 0.315 bits per heavy atom. The molecular weight excluding hydrogens is 649 g/mol. The standard InChI is InChI=1S/C54H48/c1-52(2,3)37-22-20-33-27-40-41(28-35(33)25-37)47(32-18-14-11-15-19-32)51-43-30-44(54(7,8)9)39-23-21-34-24-38(53(4,5)6)26-36-29-42(48(43)49(39)45(34)36)50(51)46(40)31-16-12-10-13-17-31/h10-30H,1-9H3. The van der Waals surface area contributed by atoms with Crippen molar-refractivity contribution < 1.29 is 0 Å². The molecule has 1 aliphatic rings. The van der Waals surface area contributed by atoms with Gasteiger partial charge in [-0.2, -0.15) is 0 Å². The molecule has 9 aromatic carbocycles. The minimum Gasteiger partial charge on any atom is -0.0622 e. The van der Waals surface area contributed by atoms with Gasteiger partial charge in [0.15, 0.2) is 0 Å². The van der Waals surface area contributed by atoms with Gasteiger partial charge < -0.3 is 0 Å². The lowest BCUT2D eigenvalue weighted by Crippen LogP contribution is -2.12. The van der Waals surface area contributed by atoms with Gasteiger partial charge in [0.25, 0.3) is 0 Å². The first kappa shape index (κ1) is 33.1. The number of benzene rings is 9. The Hall–Kier alpha value is -5.46. The van der Waals surface area contributed by atoms with Crippen LogP contribution in [0.5, 0.6) is 0 Å². The second-order valence-corrected chi connectivity index (χ2v) is 19.0. The summed E-state index contributed by atoms with van der Waals surface area (Å²) in [6.45, 7) is 21.1. The summed E-state index contributed by atoms with van der Waals surface area (Å²) in [4.78, 5) is 0. The molecule has 0 saturated carbocycles. The Bertz CT molecular complexity index is 2990. The topological polar surface area (TPSA) is 0 Å². The summed E-state index contributed by atoms with van der Waals surface area (Å²) in [6, 6.07) is 49.4. The third-order valence-corrected chi connectivity index (χ3v) is 12.3. The van der Waals surface area contributed by atoms with Gasteiger partial charge in [-0.3, -0.25) is 0 Å². The molecule has 0 saturated heterocycles. The molecule has 0 bridgehead atoms. The molecule has 0 heterocycles. The number of hydrogen-bond acceptors (Lipinski definition) is 0. The quantitative estimate of drug-likeness (QED) is 0.125. The van der Waals surface area contributed by atoms with E-state index in [1.807, 2.05) is 0 Å². The van der Waals surface area contributed by atoms with Crippen LogP contribution in [0.4, 0.5) is 0 Å². The number of hydrogen-bond donors (Lipinski definition) is 0. The zero-order valence-corrected chi connectivity index (χ0v) is 33.1. The molecular formula is C54H48. The largest absolute Gasteiger partial charge is 0.0622 e. The highest BCUT2D eigenvalue weighted by atomic mass is 14.4. The molecule has 10 rings (SSSR count). The van der Waals surface area contributed by atoms with Crippen LogP contribution in [0.15, 0.2) is 127 Å². The predicted molar refractivity (Wildman–Crippen MR) is 237 cm³/mol. The van der Waals surface area contributed by atoms with Crippen LogP contribution >= 0.6 is 0 Å². The van der Waals surface area contributed by atoms with Gasteiger partial charge in [-0.1, -0.05) is 165 Å². The second kappa shape index (κ2) is 11.0. The van der Waals surface area contributed by atoms with E-state index in [1.165, 1.54) is 115 Å². The third kappa shape index (κ3) is 4.75. The van der Waals surface area contributed by atoms with E-state index in [1.54, 1.807) is 0 Å². The maximum absolute atomic E-state index is 2.57. The van der Waals surface area contributed by atoms with Crippen molar-refractivity contribution in [1.29, 1.82) is 0 Å². The highest BCUT2D eigenvalue weighted by Gasteiger charge is 2.35. The molecule has 0 radical (unpaired) electrons. The first-order valence-electron chi connectivity index (χ1n) is 19.7. The van der Waals surface area contributed by atoms with Gasteiger partial charge in [-0.25, -0.2) is 0 Å². The molecule has 0 amide bonds. The van der Waals surface area contributed by atoms with Crippen LogP contribution in [-0.4, -0.2) is 0 Å². The molecule has 0 aliphatic heterocycles. The van der Waals surface area contributed by atoms with Gasteiger partial charge in [0.1, 0.15) is 0 Å². The zero-order chi connectivity index (χ0) is 37.5. The third-order valence-electron chi connectivity index (χ3n) is 12.3. The van der Waals surface area contributed by atoms with Crippen LogP contribution in [0, 0.1) is 0 Å². The summed E-state index contributed by atoms with van der Waals surface area (Å²) in [7, 11) is 0. The lowest BCUT2D eigenvalue weighted by molar-refractivity contribution is 0.591. The van der Waals surface area contributed by atoms with E-state index >= 15 is 0 Å². The molecule has 0 unspecified atom stereocenters. The SMILES string of the molecule is CC(C)(C)c1ccc2cc3c(-c4ccccc4)c4c(c(-c5ccccc5)c3cc2c1)-c1cc(C(C)(C)C)c2ccc3cc(C(C)(C)C)cc5cc-4c1c2c35. The van der Waals surface area contributed by atoms with Crippen molar-refractivity contribution in [3.8, 4) is 44.5 Å². The lowest BCUT2D eigenvalue weighted by Gasteiger charge is -2.26. The van der Waals surface area contributed by atoms with Crippen molar-refractivity contribution in [2.75, 3.05) is 0 Å². The lowest BCUT2D eigenvalue weighted by atomic mass is 9.78. The fourth-order valence-electron chi connectivity index (χ4n) is 9.53. The van der Waals surface area contributed by atoms with Crippen molar-refractivity contribution in [2.45, 2.75) is 78.6 Å². The van der Waals surface area contributed by atoms with Crippen molar-refractivity contribution in [1.82, 2.24) is 0 Å². The summed E-state index contributed by atoms with van der Waals surface area (Å²) in [5.74, 6) is 0. The average Bonchev–Trinajstić information content (AvgIpc) is 3.45. The van der Waals surface area contributed by atoms with Gasteiger partial charge in [0, 0.05) is 0 Å². The first-order chi connectivity index (χ1) is 25.7. The molecule has 264 valence electrons. The van der Waals surface area contributed by atoms with Crippen molar-refractivity contribution >= 4 is 53.9 Å². The molecule has 54 heavy (non-hydrogen) atoms. The van der Waals surface area contributed by atoms with E-state index in [0.717, 1.165) is 0 Å². The van der Waals surface area contributed by atoms with Crippen LogP contribution in [0.2, 0.25) is 0 Å². The molecule has 1 aliphatic carbocycles. The Kier molecular flexibility index (Phi) is 6.78. The minimum absolute atomic E-state index is 0.0320. The summed E-state index contributed by atoms with van der Waals surface area (Å²) in [5, 5.41) is 13.5. The minimum atomic E-state index is -0.0517. The van der Waals surface area contributed by atoms with Crippen molar-refractivity contribution in [3.63, 3.8) is 0 Å². The van der Waals surface area contributed by atoms with E-state index < -0.39 is 0 Å². The van der Waals surface area contributed by atoms with Gasteiger partial charge >= 0.3 is 0 Å². The fraction of sp³-hybridized carbons (Fsp3) is 0.222. The number of rotatable bonds is 2. The van der Waals surface area contributed by atoms with Gasteiger partial charge in [-0.05, 0) is 156 Å². The van der Waals surface area contributed by atoms with Gasteiger partial charge in [-0.15, -0.1) is 0 Å². The van der Waals surface area contributed by atoms with Crippen molar-refractivity contribution in [2.24, 2.45) is 0 Å². The molecule has 0 nitrogen and oxygen atoms in total. The van der Waals surface area contributed by atoms with E-state index in [2.05, 4.69) is 190 Å². The fourth-order valence-corrected chi connectivity index (χ4v) is 9.53. The Morgan fingerprint density at radius 3 is 1.41 bits per heavy atom. The molecule has 0 fully saturated rings. The Morgan fingerprint density at radius 2 is 0.833 bits per heavy atom. The van der Waals surface area contributed by atoms with Gasteiger partial charge in [0.2, 0.25) is 0 Å². The number of fused-ring (bicyclic) bond motifs is 5. The zero-order valence-electron chi connectivity index (χ0n) is 33.1. The van der Waals surface area contributed by atoms with E-state index in [4.69, 9.17) is 0 Å². The molecule has 9 aromatic rings. The van der Waals surface area contributed by atoms with Gasteiger partial charge in [0.05, 0.1) is 0 Å². The molecule has 0 atom stereocenters. The molecule has 0 heteroatoms. The smallest absolute Gasteiger partial charge is 0.000718 e. The molecule has 0 N–H and O–H groups in total. The van der Waals surface area contributed by atoms with Crippen LogP contribution < -0.4 is 0 Å². The van der Waals surface area contributed by atoms with Crippen LogP contribution in [-0.2, 0) is 16.2 Å². The summed E-state index contributed by atoms with van der Waals surface area (Å²) in [6.07, 6.45) is 0. The maximum Gasteiger partial charge on any atom is -0.000718 e. The predicted octanol–water partition coefficient (Wildman–Crippen LogP) is 15.8. The van der Waals surface area contributed by atoms with Crippen LogP contribution in [0.1, 0.15) is 79.0 Å². The Balaban J connectivity index is 1.49. The normalized spacial score (nSPS) is 13.3. The Labute approximate surface area is 319 Å².